The maximum absolute atomic E-state index is 12.6. The number of likely N-dealkylation sites (tertiary alicyclic amines) is 1. The zero-order valence-corrected chi connectivity index (χ0v) is 14.5. The van der Waals surface area contributed by atoms with E-state index in [4.69, 9.17) is 4.74 Å². The van der Waals surface area contributed by atoms with Gasteiger partial charge in [0.25, 0.3) is 6.43 Å². The van der Waals surface area contributed by atoms with E-state index in [1.54, 1.807) is 9.58 Å². The molecule has 0 atom stereocenters. The molecule has 1 amide bonds. The Hall–Kier alpha value is -1.66. The van der Waals surface area contributed by atoms with Crippen molar-refractivity contribution >= 4 is 6.09 Å². The van der Waals surface area contributed by atoms with Crippen molar-refractivity contribution in [2.24, 2.45) is 5.41 Å². The Kier molecular flexibility index (Phi) is 4.30. The summed E-state index contributed by atoms with van der Waals surface area (Å²) >= 11 is 0. The fourth-order valence-electron chi connectivity index (χ4n) is 3.69. The highest BCUT2D eigenvalue weighted by Crippen LogP contribution is 2.54. The minimum Gasteiger partial charge on any atom is -0.444 e. The van der Waals surface area contributed by atoms with Gasteiger partial charge in [0.1, 0.15) is 5.60 Å². The van der Waals surface area contributed by atoms with E-state index < -0.39 is 12.0 Å². The number of aromatic nitrogens is 2. The molecule has 1 aromatic heterocycles. The second-order valence-electron chi connectivity index (χ2n) is 8.08. The van der Waals surface area contributed by atoms with Gasteiger partial charge in [-0.1, -0.05) is 0 Å². The van der Waals surface area contributed by atoms with Crippen LogP contribution in [0.4, 0.5) is 13.6 Å². The maximum atomic E-state index is 12.6. The number of hydrogen-bond donors (Lipinski definition) is 0. The summed E-state index contributed by atoms with van der Waals surface area (Å²) in [4.78, 5) is 13.9. The highest BCUT2D eigenvalue weighted by molar-refractivity contribution is 5.68. The molecule has 1 saturated carbocycles. The van der Waals surface area contributed by atoms with Crippen LogP contribution >= 0.6 is 0 Å². The molecule has 1 aliphatic heterocycles. The fraction of sp³-hybridized carbons (Fsp3) is 0.765. The van der Waals surface area contributed by atoms with Gasteiger partial charge in [-0.15, -0.1) is 0 Å². The Morgan fingerprint density at radius 3 is 2.46 bits per heavy atom. The number of piperidine rings is 1. The third-order valence-corrected chi connectivity index (χ3v) is 5.06. The third kappa shape index (κ3) is 3.54. The molecular weight excluding hydrogens is 316 g/mol. The summed E-state index contributed by atoms with van der Waals surface area (Å²) in [6, 6.07) is 0.200. The van der Waals surface area contributed by atoms with E-state index in [2.05, 4.69) is 5.10 Å². The van der Waals surface area contributed by atoms with Crippen molar-refractivity contribution in [1.82, 2.24) is 14.7 Å². The Balaban J connectivity index is 1.50. The Morgan fingerprint density at radius 1 is 1.33 bits per heavy atom. The van der Waals surface area contributed by atoms with Gasteiger partial charge in [-0.25, -0.2) is 13.6 Å². The van der Waals surface area contributed by atoms with Gasteiger partial charge < -0.3 is 9.64 Å². The number of amides is 1. The van der Waals surface area contributed by atoms with Crippen molar-refractivity contribution < 1.29 is 18.3 Å². The summed E-state index contributed by atoms with van der Waals surface area (Å²) in [7, 11) is 0. The van der Waals surface area contributed by atoms with E-state index in [1.165, 1.54) is 12.4 Å². The summed E-state index contributed by atoms with van der Waals surface area (Å²) in [5.74, 6) is 0. The average Bonchev–Trinajstić information content (AvgIpc) is 2.92. The molecule has 1 aliphatic carbocycles. The lowest BCUT2D eigenvalue weighted by Crippen LogP contribution is -2.50. The third-order valence-electron chi connectivity index (χ3n) is 5.06. The van der Waals surface area contributed by atoms with Crippen molar-refractivity contribution in [3.8, 4) is 0 Å². The first kappa shape index (κ1) is 17.2. The van der Waals surface area contributed by atoms with Crippen LogP contribution in [-0.4, -0.2) is 39.5 Å². The summed E-state index contributed by atoms with van der Waals surface area (Å²) in [6.07, 6.45) is 3.75. The van der Waals surface area contributed by atoms with Crippen molar-refractivity contribution in [3.05, 3.63) is 18.0 Å². The number of alkyl halides is 2. The Morgan fingerprint density at radius 2 is 1.96 bits per heavy atom. The molecular formula is C17H25F2N3O2. The molecule has 0 bridgehead atoms. The zero-order chi connectivity index (χ0) is 17.5. The van der Waals surface area contributed by atoms with Crippen LogP contribution < -0.4 is 0 Å². The van der Waals surface area contributed by atoms with Crippen LogP contribution in [-0.2, 0) is 4.74 Å². The summed E-state index contributed by atoms with van der Waals surface area (Å²) < 4.78 is 32.4. The second kappa shape index (κ2) is 6.01. The predicted octanol–water partition coefficient (Wildman–Crippen LogP) is 4.17. The quantitative estimate of drug-likeness (QED) is 0.811. The smallest absolute Gasteiger partial charge is 0.410 e. The van der Waals surface area contributed by atoms with Gasteiger partial charge in [-0.2, -0.15) is 5.10 Å². The summed E-state index contributed by atoms with van der Waals surface area (Å²) in [6.45, 7) is 6.99. The molecule has 7 heteroatoms. The van der Waals surface area contributed by atoms with Crippen LogP contribution in [0, 0.1) is 5.41 Å². The number of hydrogen-bond acceptors (Lipinski definition) is 3. The second-order valence-corrected chi connectivity index (χ2v) is 8.08. The number of ether oxygens (including phenoxy) is 1. The first-order valence-electron chi connectivity index (χ1n) is 8.48. The monoisotopic (exact) mass is 341 g/mol. The molecule has 0 radical (unpaired) electrons. The normalized spacial score (nSPS) is 21.2. The number of carbonyl (C=O) groups is 1. The van der Waals surface area contributed by atoms with Gasteiger partial charge in [0.05, 0.1) is 17.8 Å². The predicted molar refractivity (Wildman–Crippen MR) is 84.9 cm³/mol. The van der Waals surface area contributed by atoms with E-state index >= 15 is 0 Å². The summed E-state index contributed by atoms with van der Waals surface area (Å²) in [5.41, 5.74) is -0.271. The minimum atomic E-state index is -2.47. The minimum absolute atomic E-state index is 0.0179. The highest BCUT2D eigenvalue weighted by atomic mass is 19.3. The molecule has 1 aromatic rings. The largest absolute Gasteiger partial charge is 0.444 e. The molecule has 0 N–H and O–H groups in total. The van der Waals surface area contributed by atoms with Crippen molar-refractivity contribution in [2.45, 2.75) is 64.5 Å². The van der Waals surface area contributed by atoms with Crippen molar-refractivity contribution in [1.29, 1.82) is 0 Å². The molecule has 134 valence electrons. The van der Waals surface area contributed by atoms with E-state index in [-0.39, 0.29) is 23.1 Å². The first-order chi connectivity index (χ1) is 11.2. The number of rotatable bonds is 2. The van der Waals surface area contributed by atoms with Crippen LogP contribution in [0.1, 0.15) is 64.5 Å². The lowest BCUT2D eigenvalue weighted by molar-refractivity contribution is -0.0259. The van der Waals surface area contributed by atoms with E-state index in [1.807, 2.05) is 20.8 Å². The van der Waals surface area contributed by atoms with Crippen molar-refractivity contribution in [2.75, 3.05) is 13.1 Å². The molecule has 2 aliphatic rings. The van der Waals surface area contributed by atoms with Gasteiger partial charge in [0.2, 0.25) is 0 Å². The van der Waals surface area contributed by atoms with Crippen molar-refractivity contribution in [3.63, 3.8) is 0 Å². The number of nitrogens with zero attached hydrogens (tertiary/aromatic N) is 3. The SMILES string of the molecule is CC(C)(C)OC(=O)N1CCC2(CC1)CC(n1cc(C(F)F)cn1)C2. The van der Waals surface area contributed by atoms with Gasteiger partial charge in [-0.05, 0) is 51.9 Å². The van der Waals surface area contributed by atoms with E-state index in [0.29, 0.717) is 13.1 Å². The topological polar surface area (TPSA) is 47.4 Å². The lowest BCUT2D eigenvalue weighted by atomic mass is 9.60. The lowest BCUT2D eigenvalue weighted by Gasteiger charge is -2.52. The van der Waals surface area contributed by atoms with Crippen LogP contribution in [0.3, 0.4) is 0 Å². The molecule has 2 heterocycles. The van der Waals surface area contributed by atoms with E-state index in [0.717, 1.165) is 25.7 Å². The first-order valence-corrected chi connectivity index (χ1v) is 8.48. The number of carbonyl (C=O) groups excluding carboxylic acids is 1. The van der Waals surface area contributed by atoms with Crippen LogP contribution in [0.15, 0.2) is 12.4 Å². The molecule has 24 heavy (non-hydrogen) atoms. The van der Waals surface area contributed by atoms with Gasteiger partial charge >= 0.3 is 6.09 Å². The van der Waals surface area contributed by atoms with Crippen LogP contribution in [0.2, 0.25) is 0 Å². The fourth-order valence-corrected chi connectivity index (χ4v) is 3.69. The molecule has 3 rings (SSSR count). The van der Waals surface area contributed by atoms with E-state index in [9.17, 15) is 13.6 Å². The van der Waals surface area contributed by atoms with Crippen LogP contribution in [0.5, 0.6) is 0 Å². The zero-order valence-electron chi connectivity index (χ0n) is 14.5. The molecule has 1 saturated heterocycles. The molecule has 2 fully saturated rings. The summed E-state index contributed by atoms with van der Waals surface area (Å²) in [5, 5.41) is 4.07. The average molecular weight is 341 g/mol. The van der Waals surface area contributed by atoms with Crippen LogP contribution in [0.25, 0.3) is 0 Å². The van der Waals surface area contributed by atoms with Gasteiger partial charge in [0.15, 0.2) is 0 Å². The van der Waals surface area contributed by atoms with Gasteiger partial charge in [0, 0.05) is 19.3 Å². The highest BCUT2D eigenvalue weighted by Gasteiger charge is 2.47. The Labute approximate surface area is 141 Å². The standard InChI is InChI=1S/C17H25F2N3O2/c1-16(2,3)24-15(23)21-6-4-17(5-7-21)8-13(9-17)22-11-12(10-20-22)14(18)19/h10-11,13-14H,4-9H2,1-3H3. The molecule has 5 nitrogen and oxygen atoms in total. The Bertz CT molecular complexity index is 593. The van der Waals surface area contributed by atoms with Gasteiger partial charge in [-0.3, -0.25) is 4.68 Å². The molecule has 0 unspecified atom stereocenters. The maximum Gasteiger partial charge on any atom is 0.410 e. The molecule has 1 spiro atoms. The molecule has 0 aromatic carbocycles. The number of halogens is 2.